The second-order valence-corrected chi connectivity index (χ2v) is 3.53. The summed E-state index contributed by atoms with van der Waals surface area (Å²) in [6, 6.07) is 1.65. The van der Waals surface area contributed by atoms with Crippen molar-refractivity contribution in [2.45, 2.75) is 6.92 Å². The molecule has 4 nitrogen and oxygen atoms in total. The number of rotatable bonds is 3. The summed E-state index contributed by atoms with van der Waals surface area (Å²) in [5, 5.41) is 3.24. The third-order valence-corrected chi connectivity index (χ3v) is 2.46. The van der Waals surface area contributed by atoms with Gasteiger partial charge in [0.2, 0.25) is 0 Å². The van der Waals surface area contributed by atoms with Gasteiger partial charge in [-0.3, -0.25) is 4.79 Å². The molecule has 1 heterocycles. The molecule has 0 unspecified atom stereocenters. The Balaban J connectivity index is 3.07. The van der Waals surface area contributed by atoms with Gasteiger partial charge in [-0.05, 0) is 13.0 Å². The highest BCUT2D eigenvalue weighted by Gasteiger charge is 2.14. The highest BCUT2D eigenvalue weighted by molar-refractivity contribution is 6.33. The fourth-order valence-corrected chi connectivity index (χ4v) is 1.27. The number of halogens is 1. The van der Waals surface area contributed by atoms with Gasteiger partial charge in [-0.2, -0.15) is 0 Å². The number of anilines is 1. The van der Waals surface area contributed by atoms with Crippen molar-refractivity contribution in [3.8, 4) is 0 Å². The molecule has 0 spiro atoms. The topological polar surface area (TPSA) is 45.2 Å². The monoisotopic (exact) mass is 227 g/mol. The zero-order valence-electron chi connectivity index (χ0n) is 9.04. The smallest absolute Gasteiger partial charge is 0.255 e. The van der Waals surface area contributed by atoms with Gasteiger partial charge in [0.1, 0.15) is 5.82 Å². The summed E-state index contributed by atoms with van der Waals surface area (Å²) in [6.45, 7) is 2.55. The maximum Gasteiger partial charge on any atom is 0.255 e. The van der Waals surface area contributed by atoms with Crippen molar-refractivity contribution < 1.29 is 4.79 Å². The number of hydrogen-bond acceptors (Lipinski definition) is 3. The molecule has 1 N–H and O–H groups in total. The number of pyridine rings is 1. The highest BCUT2D eigenvalue weighted by atomic mass is 35.5. The number of hydrogen-bond donors (Lipinski definition) is 1. The lowest BCUT2D eigenvalue weighted by Crippen LogP contribution is -2.26. The summed E-state index contributed by atoms with van der Waals surface area (Å²) < 4.78 is 0. The van der Waals surface area contributed by atoms with Crippen LogP contribution in [-0.4, -0.2) is 36.4 Å². The second-order valence-electron chi connectivity index (χ2n) is 3.12. The molecule has 0 fully saturated rings. The highest BCUT2D eigenvalue weighted by Crippen LogP contribution is 2.19. The fourth-order valence-electron chi connectivity index (χ4n) is 1.09. The Morgan fingerprint density at radius 2 is 2.33 bits per heavy atom. The molecule has 5 heteroatoms. The van der Waals surface area contributed by atoms with Crippen molar-refractivity contribution in [2.75, 3.05) is 26.0 Å². The van der Waals surface area contributed by atoms with Gasteiger partial charge in [0, 0.05) is 26.8 Å². The number of carbonyl (C=O) groups excluding carboxylic acids is 1. The second kappa shape index (κ2) is 4.98. The minimum atomic E-state index is -0.0959. The first-order valence-corrected chi connectivity index (χ1v) is 5.06. The van der Waals surface area contributed by atoms with Crippen LogP contribution >= 0.6 is 11.6 Å². The van der Waals surface area contributed by atoms with E-state index in [4.69, 9.17) is 11.6 Å². The quantitative estimate of drug-likeness (QED) is 0.858. The normalized spacial score (nSPS) is 9.87. The molecule has 82 valence electrons. The molecule has 0 aliphatic carbocycles. The molecule has 0 aromatic carbocycles. The Morgan fingerprint density at radius 1 is 1.67 bits per heavy atom. The van der Waals surface area contributed by atoms with Crippen LogP contribution in [0, 0.1) is 0 Å². The predicted molar refractivity (Wildman–Crippen MR) is 61.4 cm³/mol. The average molecular weight is 228 g/mol. The van der Waals surface area contributed by atoms with Crippen LogP contribution in [0.25, 0.3) is 0 Å². The number of amides is 1. The van der Waals surface area contributed by atoms with Crippen LogP contribution in [0.3, 0.4) is 0 Å². The van der Waals surface area contributed by atoms with Crippen molar-refractivity contribution in [2.24, 2.45) is 0 Å². The Morgan fingerprint density at radius 3 is 2.87 bits per heavy atom. The molecule has 1 aromatic rings. The van der Waals surface area contributed by atoms with E-state index < -0.39 is 0 Å². The van der Waals surface area contributed by atoms with Crippen molar-refractivity contribution in [3.05, 3.63) is 22.8 Å². The third kappa shape index (κ3) is 2.59. The van der Waals surface area contributed by atoms with Gasteiger partial charge in [-0.25, -0.2) is 4.98 Å². The van der Waals surface area contributed by atoms with Crippen LogP contribution in [0.1, 0.15) is 17.3 Å². The van der Waals surface area contributed by atoms with E-state index in [0.29, 0.717) is 22.9 Å². The predicted octanol–water partition coefficient (Wildman–Crippen LogP) is 1.87. The first kappa shape index (κ1) is 11.8. The largest absolute Gasteiger partial charge is 0.373 e. The lowest BCUT2D eigenvalue weighted by molar-refractivity contribution is 0.0802. The number of aromatic nitrogens is 1. The van der Waals surface area contributed by atoms with E-state index in [-0.39, 0.29) is 5.91 Å². The first-order valence-electron chi connectivity index (χ1n) is 4.69. The van der Waals surface area contributed by atoms with Gasteiger partial charge in [-0.1, -0.05) is 11.6 Å². The molecular formula is C10H14ClN3O. The van der Waals surface area contributed by atoms with Gasteiger partial charge < -0.3 is 10.2 Å². The van der Waals surface area contributed by atoms with Gasteiger partial charge >= 0.3 is 0 Å². The summed E-state index contributed by atoms with van der Waals surface area (Å²) in [5.41, 5.74) is 0.473. The molecule has 1 amide bonds. The van der Waals surface area contributed by atoms with E-state index in [9.17, 15) is 4.79 Å². The molecular weight excluding hydrogens is 214 g/mol. The summed E-state index contributed by atoms with van der Waals surface area (Å²) in [4.78, 5) is 17.5. The standard InChI is InChI=1S/C10H14ClN3O/c1-4-14(3)10(15)7-5-9(12-2)13-6-8(7)11/h5-6H,4H2,1-3H3,(H,12,13). The van der Waals surface area contributed by atoms with Crippen LogP contribution in [0.2, 0.25) is 5.02 Å². The lowest BCUT2D eigenvalue weighted by Gasteiger charge is -2.15. The fraction of sp³-hybridized carbons (Fsp3) is 0.400. The Bertz CT molecular complexity index is 368. The van der Waals surface area contributed by atoms with Crippen LogP contribution in [0.15, 0.2) is 12.3 Å². The Labute approximate surface area is 94.3 Å². The van der Waals surface area contributed by atoms with E-state index >= 15 is 0 Å². The molecule has 0 atom stereocenters. The maximum absolute atomic E-state index is 11.9. The van der Waals surface area contributed by atoms with Crippen LogP contribution < -0.4 is 5.32 Å². The summed E-state index contributed by atoms with van der Waals surface area (Å²) in [5.74, 6) is 0.536. The third-order valence-electron chi connectivity index (χ3n) is 2.16. The van der Waals surface area contributed by atoms with Crippen LogP contribution in [0.5, 0.6) is 0 Å². The molecule has 0 aliphatic heterocycles. The number of nitrogens with zero attached hydrogens (tertiary/aromatic N) is 2. The SMILES string of the molecule is CCN(C)C(=O)c1cc(NC)ncc1Cl. The minimum Gasteiger partial charge on any atom is -0.373 e. The van der Waals surface area contributed by atoms with Crippen molar-refractivity contribution in [1.82, 2.24) is 9.88 Å². The van der Waals surface area contributed by atoms with Crippen LogP contribution in [0.4, 0.5) is 5.82 Å². The number of nitrogens with one attached hydrogen (secondary N) is 1. The van der Waals surface area contributed by atoms with Crippen LogP contribution in [-0.2, 0) is 0 Å². The average Bonchev–Trinajstić information content (AvgIpc) is 2.27. The molecule has 1 rings (SSSR count). The molecule has 0 bridgehead atoms. The minimum absolute atomic E-state index is 0.0959. The first-order chi connectivity index (χ1) is 7.10. The number of carbonyl (C=O) groups is 1. The van der Waals surface area contributed by atoms with E-state index in [1.54, 1.807) is 25.1 Å². The molecule has 0 aliphatic rings. The molecule has 0 saturated heterocycles. The van der Waals surface area contributed by atoms with Crippen molar-refractivity contribution in [1.29, 1.82) is 0 Å². The van der Waals surface area contributed by atoms with E-state index in [1.807, 2.05) is 6.92 Å². The van der Waals surface area contributed by atoms with E-state index in [0.717, 1.165) is 0 Å². The van der Waals surface area contributed by atoms with Crippen molar-refractivity contribution >= 4 is 23.3 Å². The van der Waals surface area contributed by atoms with E-state index in [1.165, 1.54) is 6.20 Å². The van der Waals surface area contributed by atoms with Gasteiger partial charge in [0.15, 0.2) is 0 Å². The zero-order chi connectivity index (χ0) is 11.4. The summed E-state index contributed by atoms with van der Waals surface area (Å²) in [6.07, 6.45) is 1.48. The molecule has 0 saturated carbocycles. The van der Waals surface area contributed by atoms with Gasteiger partial charge in [-0.15, -0.1) is 0 Å². The molecule has 0 radical (unpaired) electrons. The van der Waals surface area contributed by atoms with E-state index in [2.05, 4.69) is 10.3 Å². The maximum atomic E-state index is 11.9. The summed E-state index contributed by atoms with van der Waals surface area (Å²) in [7, 11) is 3.48. The zero-order valence-corrected chi connectivity index (χ0v) is 9.80. The lowest BCUT2D eigenvalue weighted by atomic mass is 10.2. The summed E-state index contributed by atoms with van der Waals surface area (Å²) >= 11 is 5.91. The van der Waals surface area contributed by atoms with Gasteiger partial charge in [0.25, 0.3) is 5.91 Å². The Hall–Kier alpha value is -1.29. The molecule has 15 heavy (non-hydrogen) atoms. The van der Waals surface area contributed by atoms with Gasteiger partial charge in [0.05, 0.1) is 10.6 Å². The Kier molecular flexibility index (Phi) is 3.91. The van der Waals surface area contributed by atoms with Crippen molar-refractivity contribution in [3.63, 3.8) is 0 Å². The molecule has 1 aromatic heterocycles.